The average Bonchev–Trinajstić information content (AvgIpc) is 3.14. The normalized spacial score (nSPS) is 11.7. The molecule has 1 atom stereocenters. The van der Waals surface area contributed by atoms with E-state index in [9.17, 15) is 9.90 Å². The van der Waals surface area contributed by atoms with Crippen molar-refractivity contribution in [3.8, 4) is 17.3 Å². The highest BCUT2D eigenvalue weighted by molar-refractivity contribution is 5.75. The molecule has 0 radical (unpaired) electrons. The van der Waals surface area contributed by atoms with Gasteiger partial charge in [0.2, 0.25) is 6.10 Å². The predicted molar refractivity (Wildman–Crippen MR) is 87.6 cm³/mol. The lowest BCUT2D eigenvalue weighted by molar-refractivity contribution is -0.145. The van der Waals surface area contributed by atoms with E-state index in [-0.39, 0.29) is 0 Å². The van der Waals surface area contributed by atoms with Crippen molar-refractivity contribution in [2.45, 2.75) is 6.10 Å². The van der Waals surface area contributed by atoms with Crippen LogP contribution in [0.5, 0.6) is 11.5 Å². The summed E-state index contributed by atoms with van der Waals surface area (Å²) in [6, 6.07) is 13.9. The molecular weight excluding hydrogens is 308 g/mol. The Morgan fingerprint density at radius 3 is 2.46 bits per heavy atom. The number of methoxy groups -OCH3 is 1. The van der Waals surface area contributed by atoms with E-state index in [1.165, 1.54) is 0 Å². The lowest BCUT2D eigenvalue weighted by Gasteiger charge is -2.18. The van der Waals surface area contributed by atoms with Gasteiger partial charge < -0.3 is 19.1 Å². The summed E-state index contributed by atoms with van der Waals surface area (Å²) in [5.74, 6) is 0.485. The fourth-order valence-electron chi connectivity index (χ4n) is 2.31. The maximum atomic E-state index is 11.7. The predicted octanol–water partition coefficient (Wildman–Crippen LogP) is 3.09. The topological polar surface area (TPSA) is 73.6 Å². The third kappa shape index (κ3) is 3.22. The third-order valence-electron chi connectivity index (χ3n) is 3.49. The Hall–Kier alpha value is -3.28. The average molecular weight is 324 g/mol. The van der Waals surface area contributed by atoms with Gasteiger partial charge in [0, 0.05) is 24.2 Å². The van der Waals surface area contributed by atoms with Crippen LogP contribution in [0.2, 0.25) is 0 Å². The summed E-state index contributed by atoms with van der Waals surface area (Å²) < 4.78 is 12.6. The van der Waals surface area contributed by atoms with Gasteiger partial charge in [-0.25, -0.2) is 9.78 Å². The minimum absolute atomic E-state index is 0.386. The van der Waals surface area contributed by atoms with Crippen molar-refractivity contribution in [3.63, 3.8) is 0 Å². The molecule has 0 aliphatic carbocycles. The van der Waals surface area contributed by atoms with Gasteiger partial charge in [0.25, 0.3) is 0 Å². The monoisotopic (exact) mass is 324 g/mol. The molecule has 0 saturated heterocycles. The van der Waals surface area contributed by atoms with Crippen LogP contribution in [0.3, 0.4) is 0 Å². The van der Waals surface area contributed by atoms with E-state index < -0.39 is 12.1 Å². The molecule has 6 nitrogen and oxygen atoms in total. The highest BCUT2D eigenvalue weighted by atomic mass is 16.5. The number of rotatable bonds is 6. The zero-order valence-electron chi connectivity index (χ0n) is 13.0. The second-order valence-electron chi connectivity index (χ2n) is 5.02. The standard InChI is InChI=1S/C18H16N2O4/c1-23-14-8-6-13(7-9-14)16(18(21)22)24-15-5-4-10-19-17(15)20-11-2-3-12-20/h2-12,16H,1H3,(H,21,22). The number of carboxylic acid groups (broad SMARTS) is 1. The fourth-order valence-corrected chi connectivity index (χ4v) is 2.31. The van der Waals surface area contributed by atoms with Crippen molar-refractivity contribution in [3.05, 3.63) is 72.7 Å². The number of nitrogens with zero attached hydrogens (tertiary/aromatic N) is 2. The second-order valence-corrected chi connectivity index (χ2v) is 5.02. The minimum atomic E-state index is -1.14. The largest absolute Gasteiger partial charge is 0.497 e. The van der Waals surface area contributed by atoms with E-state index in [1.54, 1.807) is 54.3 Å². The Labute approximate surface area is 138 Å². The highest BCUT2D eigenvalue weighted by Crippen LogP contribution is 2.28. The molecule has 1 aromatic carbocycles. The minimum Gasteiger partial charge on any atom is -0.497 e. The van der Waals surface area contributed by atoms with Crippen LogP contribution >= 0.6 is 0 Å². The third-order valence-corrected chi connectivity index (χ3v) is 3.49. The Morgan fingerprint density at radius 2 is 1.83 bits per heavy atom. The molecular formula is C18H16N2O4. The number of aromatic nitrogens is 2. The van der Waals surface area contributed by atoms with Crippen LogP contribution in [0.15, 0.2) is 67.1 Å². The van der Waals surface area contributed by atoms with E-state index in [2.05, 4.69) is 4.98 Å². The van der Waals surface area contributed by atoms with Crippen LogP contribution in [-0.4, -0.2) is 27.7 Å². The molecule has 0 fully saturated rings. The zero-order chi connectivity index (χ0) is 16.9. The Kier molecular flexibility index (Phi) is 4.47. The molecule has 0 amide bonds. The number of hydrogen-bond acceptors (Lipinski definition) is 4. The van der Waals surface area contributed by atoms with Crippen molar-refractivity contribution in [2.24, 2.45) is 0 Å². The number of carboxylic acids is 1. The number of hydrogen-bond donors (Lipinski definition) is 1. The summed E-state index contributed by atoms with van der Waals surface area (Å²) in [7, 11) is 1.55. The molecule has 0 aliphatic rings. The van der Waals surface area contributed by atoms with Gasteiger partial charge >= 0.3 is 5.97 Å². The molecule has 1 N–H and O–H groups in total. The fraction of sp³-hybridized carbons (Fsp3) is 0.111. The first-order valence-corrected chi connectivity index (χ1v) is 7.31. The molecule has 0 spiro atoms. The Bertz CT molecular complexity index is 813. The van der Waals surface area contributed by atoms with Gasteiger partial charge in [0.05, 0.1) is 7.11 Å². The van der Waals surface area contributed by atoms with Gasteiger partial charge in [-0.1, -0.05) is 12.1 Å². The van der Waals surface area contributed by atoms with Crippen LogP contribution in [0, 0.1) is 0 Å². The quantitative estimate of drug-likeness (QED) is 0.754. The molecule has 2 heterocycles. The molecule has 6 heteroatoms. The smallest absolute Gasteiger partial charge is 0.349 e. The number of ether oxygens (including phenoxy) is 2. The molecule has 122 valence electrons. The van der Waals surface area contributed by atoms with Gasteiger partial charge in [0.15, 0.2) is 11.6 Å². The van der Waals surface area contributed by atoms with Crippen molar-refractivity contribution in [1.82, 2.24) is 9.55 Å². The maximum Gasteiger partial charge on any atom is 0.349 e. The van der Waals surface area contributed by atoms with E-state index >= 15 is 0 Å². The maximum absolute atomic E-state index is 11.7. The first kappa shape index (κ1) is 15.6. The molecule has 0 bridgehead atoms. The summed E-state index contributed by atoms with van der Waals surface area (Å²) in [5, 5.41) is 9.55. The van der Waals surface area contributed by atoms with E-state index in [1.807, 2.05) is 24.5 Å². The van der Waals surface area contributed by atoms with Crippen LogP contribution < -0.4 is 9.47 Å². The summed E-state index contributed by atoms with van der Waals surface area (Å²) in [6.07, 6.45) is 4.12. The second kappa shape index (κ2) is 6.87. The molecule has 0 aliphatic heterocycles. The van der Waals surface area contributed by atoms with Crippen molar-refractivity contribution in [1.29, 1.82) is 0 Å². The summed E-state index contributed by atoms with van der Waals surface area (Å²) in [4.78, 5) is 16.0. The number of carbonyl (C=O) groups is 1. The van der Waals surface area contributed by atoms with Crippen molar-refractivity contribution in [2.75, 3.05) is 7.11 Å². The van der Waals surface area contributed by atoms with Gasteiger partial charge in [-0.05, 0) is 36.4 Å². The molecule has 24 heavy (non-hydrogen) atoms. The number of pyridine rings is 1. The van der Waals surface area contributed by atoms with E-state index in [0.717, 1.165) is 0 Å². The van der Waals surface area contributed by atoms with Crippen LogP contribution in [0.25, 0.3) is 5.82 Å². The number of aliphatic carboxylic acids is 1. The SMILES string of the molecule is COc1ccc(C(Oc2cccnc2-n2cccc2)C(=O)O)cc1. The van der Waals surface area contributed by atoms with Gasteiger partial charge in [-0.15, -0.1) is 0 Å². The highest BCUT2D eigenvalue weighted by Gasteiger charge is 2.23. The summed E-state index contributed by atoms with van der Waals surface area (Å²) in [6.45, 7) is 0. The lowest BCUT2D eigenvalue weighted by atomic mass is 10.1. The lowest BCUT2D eigenvalue weighted by Crippen LogP contribution is -2.19. The molecule has 1 unspecified atom stereocenters. The first-order chi connectivity index (χ1) is 11.7. The van der Waals surface area contributed by atoms with E-state index in [4.69, 9.17) is 9.47 Å². The zero-order valence-corrected chi connectivity index (χ0v) is 13.0. The van der Waals surface area contributed by atoms with E-state index in [0.29, 0.717) is 22.9 Å². The molecule has 3 aromatic rings. The van der Waals surface area contributed by atoms with Crippen molar-refractivity contribution >= 4 is 5.97 Å². The van der Waals surface area contributed by atoms with Crippen LogP contribution in [-0.2, 0) is 4.79 Å². The Balaban J connectivity index is 1.93. The van der Waals surface area contributed by atoms with Gasteiger partial charge in [-0.2, -0.15) is 0 Å². The van der Waals surface area contributed by atoms with Gasteiger partial charge in [-0.3, -0.25) is 0 Å². The Morgan fingerprint density at radius 1 is 1.12 bits per heavy atom. The van der Waals surface area contributed by atoms with Gasteiger partial charge in [0.1, 0.15) is 5.75 Å². The summed E-state index contributed by atoms with van der Waals surface area (Å²) in [5.41, 5.74) is 0.519. The first-order valence-electron chi connectivity index (χ1n) is 7.31. The molecule has 0 saturated carbocycles. The van der Waals surface area contributed by atoms with Crippen molar-refractivity contribution < 1.29 is 19.4 Å². The number of benzene rings is 1. The van der Waals surface area contributed by atoms with Crippen LogP contribution in [0.4, 0.5) is 0 Å². The van der Waals surface area contributed by atoms with Crippen LogP contribution in [0.1, 0.15) is 11.7 Å². The summed E-state index contributed by atoms with van der Waals surface area (Å²) >= 11 is 0. The molecule has 3 rings (SSSR count). The molecule has 2 aromatic heterocycles.